The highest BCUT2D eigenvalue weighted by molar-refractivity contribution is 6.04. The number of rotatable bonds is 3. The van der Waals surface area contributed by atoms with Crippen LogP contribution in [0.15, 0.2) is 99.2 Å². The van der Waals surface area contributed by atoms with Crippen molar-refractivity contribution >= 4 is 22.4 Å². The summed E-state index contributed by atoms with van der Waals surface area (Å²) >= 11 is 0. The molecule has 0 aliphatic carbocycles. The van der Waals surface area contributed by atoms with E-state index in [1.807, 2.05) is 71.7 Å². The van der Waals surface area contributed by atoms with Crippen molar-refractivity contribution in [2.24, 2.45) is 5.10 Å². The fourth-order valence-corrected chi connectivity index (χ4v) is 3.77. The molecular formula is C24H18N2O3. The maximum atomic E-state index is 12.7. The predicted molar refractivity (Wildman–Crippen MR) is 113 cm³/mol. The van der Waals surface area contributed by atoms with Gasteiger partial charge in [-0.2, -0.15) is 5.10 Å². The molecule has 1 aliphatic rings. The summed E-state index contributed by atoms with van der Waals surface area (Å²) in [6.45, 7) is 0. The Morgan fingerprint density at radius 1 is 0.931 bits per heavy atom. The molecule has 1 aliphatic heterocycles. The third-order valence-corrected chi connectivity index (χ3v) is 5.18. The van der Waals surface area contributed by atoms with Gasteiger partial charge in [0.05, 0.1) is 23.0 Å². The number of hydrazone groups is 1. The van der Waals surface area contributed by atoms with Gasteiger partial charge in [0.2, 0.25) is 0 Å². The summed E-state index contributed by atoms with van der Waals surface area (Å²) in [4.78, 5) is 12.7. The van der Waals surface area contributed by atoms with Gasteiger partial charge in [-0.3, -0.25) is 5.01 Å². The Labute approximate surface area is 167 Å². The van der Waals surface area contributed by atoms with E-state index in [1.165, 1.54) is 0 Å². The molecule has 3 aromatic carbocycles. The van der Waals surface area contributed by atoms with Gasteiger partial charge in [-0.1, -0.05) is 54.6 Å². The summed E-state index contributed by atoms with van der Waals surface area (Å²) in [5.41, 5.74) is 2.88. The molecule has 1 atom stereocenters. The summed E-state index contributed by atoms with van der Waals surface area (Å²) in [6.07, 6.45) is 0.482. The first-order valence-corrected chi connectivity index (χ1v) is 9.43. The van der Waals surface area contributed by atoms with Crippen LogP contribution in [0.5, 0.6) is 5.75 Å². The van der Waals surface area contributed by atoms with Crippen LogP contribution in [-0.2, 0) is 0 Å². The van der Waals surface area contributed by atoms with Crippen LogP contribution in [0.1, 0.15) is 23.6 Å². The van der Waals surface area contributed by atoms with E-state index >= 15 is 0 Å². The van der Waals surface area contributed by atoms with Crippen molar-refractivity contribution in [2.75, 3.05) is 5.01 Å². The number of fused-ring (bicyclic) bond motifs is 1. The Morgan fingerprint density at radius 2 is 1.66 bits per heavy atom. The maximum Gasteiger partial charge on any atom is 0.345 e. The molecule has 0 bridgehead atoms. The number of anilines is 1. The number of para-hydroxylation sites is 3. The third kappa shape index (κ3) is 3.06. The highest BCUT2D eigenvalue weighted by Crippen LogP contribution is 2.39. The van der Waals surface area contributed by atoms with E-state index in [0.717, 1.165) is 16.6 Å². The van der Waals surface area contributed by atoms with Gasteiger partial charge < -0.3 is 9.52 Å². The van der Waals surface area contributed by atoms with E-state index in [0.29, 0.717) is 23.3 Å². The first-order chi connectivity index (χ1) is 14.2. The zero-order valence-corrected chi connectivity index (χ0v) is 15.5. The summed E-state index contributed by atoms with van der Waals surface area (Å²) < 4.78 is 5.51. The lowest BCUT2D eigenvalue weighted by Gasteiger charge is -2.24. The fourth-order valence-electron chi connectivity index (χ4n) is 3.77. The zero-order chi connectivity index (χ0) is 19.8. The SMILES string of the molecule is O=c1oc2ccccc2cc1C1=NN(c2ccccc2)C(c2ccccc2O)C1. The Hall–Kier alpha value is -3.86. The molecule has 0 saturated heterocycles. The van der Waals surface area contributed by atoms with Gasteiger partial charge in [0.1, 0.15) is 11.3 Å². The second-order valence-electron chi connectivity index (χ2n) is 6.99. The summed E-state index contributed by atoms with van der Waals surface area (Å²) in [7, 11) is 0. The molecule has 1 unspecified atom stereocenters. The van der Waals surface area contributed by atoms with Gasteiger partial charge in [0.25, 0.3) is 0 Å². The molecule has 1 N–H and O–H groups in total. The number of benzene rings is 3. The van der Waals surface area contributed by atoms with Gasteiger partial charge in [-0.15, -0.1) is 0 Å². The average Bonchev–Trinajstić information content (AvgIpc) is 3.19. The van der Waals surface area contributed by atoms with E-state index in [2.05, 4.69) is 0 Å². The Balaban J connectivity index is 1.64. The minimum atomic E-state index is -0.409. The lowest BCUT2D eigenvalue weighted by Crippen LogP contribution is -2.18. The Bertz CT molecular complexity index is 1280. The quantitative estimate of drug-likeness (QED) is 0.514. The van der Waals surface area contributed by atoms with Crippen LogP contribution in [0.4, 0.5) is 5.69 Å². The Morgan fingerprint density at radius 3 is 2.48 bits per heavy atom. The monoisotopic (exact) mass is 382 g/mol. The molecule has 0 fully saturated rings. The predicted octanol–water partition coefficient (Wildman–Crippen LogP) is 4.85. The topological polar surface area (TPSA) is 66.0 Å². The number of nitrogens with zero attached hydrogens (tertiary/aromatic N) is 2. The number of phenols is 1. The van der Waals surface area contributed by atoms with E-state index < -0.39 is 5.63 Å². The minimum absolute atomic E-state index is 0.209. The molecule has 2 heterocycles. The van der Waals surface area contributed by atoms with Crippen molar-refractivity contribution in [3.63, 3.8) is 0 Å². The summed E-state index contributed by atoms with van der Waals surface area (Å²) in [5, 5.41) is 17.9. The second kappa shape index (κ2) is 6.95. The van der Waals surface area contributed by atoms with Gasteiger partial charge in [-0.05, 0) is 30.3 Å². The second-order valence-corrected chi connectivity index (χ2v) is 6.99. The van der Waals surface area contributed by atoms with Crippen molar-refractivity contribution < 1.29 is 9.52 Å². The zero-order valence-electron chi connectivity index (χ0n) is 15.5. The lowest BCUT2D eigenvalue weighted by atomic mass is 9.97. The molecule has 0 radical (unpaired) electrons. The van der Waals surface area contributed by atoms with Crippen molar-refractivity contribution in [2.45, 2.75) is 12.5 Å². The highest BCUT2D eigenvalue weighted by Gasteiger charge is 2.32. The lowest BCUT2D eigenvalue weighted by molar-refractivity contribution is 0.461. The number of hydrogen-bond donors (Lipinski definition) is 1. The van der Waals surface area contributed by atoms with Crippen LogP contribution >= 0.6 is 0 Å². The number of phenolic OH excluding ortho intramolecular Hbond substituents is 1. The van der Waals surface area contributed by atoms with Gasteiger partial charge in [0, 0.05) is 17.4 Å². The molecule has 5 heteroatoms. The third-order valence-electron chi connectivity index (χ3n) is 5.18. The molecule has 29 heavy (non-hydrogen) atoms. The van der Waals surface area contributed by atoms with Crippen LogP contribution in [0.25, 0.3) is 11.0 Å². The van der Waals surface area contributed by atoms with Gasteiger partial charge >= 0.3 is 5.63 Å². The van der Waals surface area contributed by atoms with Crippen LogP contribution < -0.4 is 10.6 Å². The molecule has 0 saturated carbocycles. The van der Waals surface area contributed by atoms with Crippen molar-refractivity contribution in [3.8, 4) is 5.75 Å². The highest BCUT2D eigenvalue weighted by atomic mass is 16.4. The van der Waals surface area contributed by atoms with E-state index in [1.54, 1.807) is 18.2 Å². The van der Waals surface area contributed by atoms with Gasteiger partial charge in [0.15, 0.2) is 0 Å². The molecule has 142 valence electrons. The number of hydrogen-bond acceptors (Lipinski definition) is 5. The fraction of sp³-hybridized carbons (Fsp3) is 0.0833. The van der Waals surface area contributed by atoms with Crippen LogP contribution in [0.2, 0.25) is 0 Å². The van der Waals surface area contributed by atoms with E-state index in [4.69, 9.17) is 9.52 Å². The maximum absolute atomic E-state index is 12.7. The summed E-state index contributed by atoms with van der Waals surface area (Å²) in [5.74, 6) is 0.209. The standard InChI is InChI=1S/C24H18N2O3/c27-22-12-6-5-11-18(22)21-15-20(25-26(21)17-9-2-1-3-10-17)19-14-16-8-4-7-13-23(16)29-24(19)28/h1-14,21,27H,15H2. The van der Waals surface area contributed by atoms with Crippen molar-refractivity contribution in [1.29, 1.82) is 0 Å². The van der Waals surface area contributed by atoms with Crippen molar-refractivity contribution in [1.82, 2.24) is 0 Å². The molecule has 5 nitrogen and oxygen atoms in total. The Kier molecular flexibility index (Phi) is 4.13. The first kappa shape index (κ1) is 17.3. The smallest absolute Gasteiger partial charge is 0.345 e. The van der Waals surface area contributed by atoms with Crippen LogP contribution in [0, 0.1) is 0 Å². The van der Waals surface area contributed by atoms with Crippen LogP contribution in [0.3, 0.4) is 0 Å². The summed E-state index contributed by atoms with van der Waals surface area (Å²) in [6, 6.07) is 26.0. The molecular weight excluding hydrogens is 364 g/mol. The largest absolute Gasteiger partial charge is 0.508 e. The van der Waals surface area contributed by atoms with E-state index in [-0.39, 0.29) is 11.8 Å². The van der Waals surface area contributed by atoms with Crippen LogP contribution in [-0.4, -0.2) is 10.8 Å². The molecule has 0 spiro atoms. The molecule has 0 amide bonds. The number of aromatic hydroxyl groups is 1. The molecule has 4 aromatic rings. The average molecular weight is 382 g/mol. The minimum Gasteiger partial charge on any atom is -0.508 e. The normalized spacial score (nSPS) is 16.2. The molecule has 1 aromatic heterocycles. The van der Waals surface area contributed by atoms with E-state index in [9.17, 15) is 9.90 Å². The molecule has 5 rings (SSSR count). The van der Waals surface area contributed by atoms with Gasteiger partial charge in [-0.25, -0.2) is 4.79 Å². The van der Waals surface area contributed by atoms with Crippen molar-refractivity contribution in [3.05, 3.63) is 106 Å². The first-order valence-electron chi connectivity index (χ1n) is 9.43.